The molecule has 0 unspecified atom stereocenters. The van der Waals surface area contributed by atoms with E-state index in [1.165, 1.54) is 50.1 Å². The van der Waals surface area contributed by atoms with Crippen molar-refractivity contribution in [2.45, 2.75) is 97.8 Å². The van der Waals surface area contributed by atoms with E-state index in [4.69, 9.17) is 0 Å². The van der Waals surface area contributed by atoms with E-state index in [2.05, 4.69) is 203 Å². The summed E-state index contributed by atoms with van der Waals surface area (Å²) in [7, 11) is 0. The molecular weight excluding hydrogens is 949 g/mol. The predicted octanol–water partition coefficient (Wildman–Crippen LogP) is 16.8. The summed E-state index contributed by atoms with van der Waals surface area (Å²) in [6, 6.07) is 76.6. The third-order valence-electron chi connectivity index (χ3n) is 15.8. The first kappa shape index (κ1) is 53.0. The van der Waals surface area contributed by atoms with Crippen LogP contribution in [-0.4, -0.2) is 15.3 Å². The average molecular weight is 1020 g/mol. The summed E-state index contributed by atoms with van der Waals surface area (Å²) in [6.07, 6.45) is 8.46. The van der Waals surface area contributed by atoms with Gasteiger partial charge in [0.2, 0.25) is 0 Å². The van der Waals surface area contributed by atoms with Crippen LogP contribution in [0.3, 0.4) is 0 Å². The Morgan fingerprint density at radius 3 is 0.526 bits per heavy atom. The normalized spacial score (nSPS) is 11.3. The number of rotatable bonds is 21. The molecule has 0 spiro atoms. The molecule has 0 saturated carbocycles. The molecule has 3 nitrogen and oxygen atoms in total. The van der Waals surface area contributed by atoms with Crippen molar-refractivity contribution in [2.24, 2.45) is 0 Å². The van der Waals surface area contributed by atoms with Gasteiger partial charge in [-0.25, -0.2) is 0 Å². The summed E-state index contributed by atoms with van der Waals surface area (Å²) >= 11 is 0. The highest BCUT2D eigenvalue weighted by Gasteiger charge is 2.25. The minimum atomic E-state index is 0.371. The van der Waals surface area contributed by atoms with Gasteiger partial charge in [-0.15, -0.1) is 0 Å². The summed E-state index contributed by atoms with van der Waals surface area (Å²) in [6.45, 7) is 6.97. The van der Waals surface area contributed by atoms with Gasteiger partial charge >= 0.3 is 0 Å². The summed E-state index contributed by atoms with van der Waals surface area (Å²) in [4.78, 5) is 0. The number of phenols is 3. The molecule has 0 aliphatic heterocycles. The van der Waals surface area contributed by atoms with Crippen molar-refractivity contribution in [3.8, 4) is 17.2 Å². The molecule has 0 amide bonds. The second kappa shape index (κ2) is 25.2. The quantitative estimate of drug-likeness (QED) is 0.0672. The zero-order valence-corrected chi connectivity index (χ0v) is 45.6. The van der Waals surface area contributed by atoms with Crippen LogP contribution in [0.1, 0.15) is 138 Å². The smallest absolute Gasteiger partial charge is 0.122 e. The lowest BCUT2D eigenvalue weighted by Crippen LogP contribution is -2.15. The predicted molar refractivity (Wildman–Crippen MR) is 323 cm³/mol. The first-order chi connectivity index (χ1) is 38.2. The maximum absolute atomic E-state index is 12.2. The second-order valence-corrected chi connectivity index (χ2v) is 21.2. The maximum Gasteiger partial charge on any atom is 0.122 e. The van der Waals surface area contributed by atoms with Crippen molar-refractivity contribution in [3.05, 3.63) is 335 Å². The molecule has 10 aromatic rings. The summed E-state index contributed by atoms with van der Waals surface area (Å²) in [5.41, 5.74) is 24.4. The lowest BCUT2D eigenvalue weighted by molar-refractivity contribution is 0.463. The highest BCUT2D eigenvalue weighted by Crippen LogP contribution is 2.40. The third-order valence-corrected chi connectivity index (χ3v) is 15.8. The average Bonchev–Trinajstić information content (AvgIpc) is 3.48. The molecule has 0 fully saturated rings. The zero-order chi connectivity index (χ0) is 53.8. The Hall–Kier alpha value is -8.40. The van der Waals surface area contributed by atoms with E-state index in [1.54, 1.807) is 0 Å². The number of hydrogen-bond donors (Lipinski definition) is 3. The van der Waals surface area contributed by atoms with Crippen LogP contribution < -0.4 is 0 Å². The molecule has 390 valence electrons. The SMILES string of the molecule is CCc1c(Cc2cc(Cc3ccccc3)c(O)c(Cc3ccccc3)c2)c(CC)c(Cc2cc(Cc3ccccc3)c(O)c(Cc3ccccc3)c2)c(CC)c1Cc1cc(Cc2ccccc2)c(O)c(Cc2ccccc2)c1. The molecule has 0 bridgehead atoms. The Morgan fingerprint density at radius 2 is 0.372 bits per heavy atom. The van der Waals surface area contributed by atoms with Crippen LogP contribution in [0.2, 0.25) is 0 Å². The van der Waals surface area contributed by atoms with Crippen molar-refractivity contribution >= 4 is 0 Å². The van der Waals surface area contributed by atoms with Crippen molar-refractivity contribution in [1.82, 2.24) is 0 Å². The molecular formula is C75H72O3. The fraction of sp³-hybridized carbons (Fsp3) is 0.200. The van der Waals surface area contributed by atoms with E-state index in [1.807, 2.05) is 36.4 Å². The molecule has 78 heavy (non-hydrogen) atoms. The van der Waals surface area contributed by atoms with Crippen molar-refractivity contribution in [2.75, 3.05) is 0 Å². The van der Waals surface area contributed by atoms with Crippen molar-refractivity contribution in [3.63, 3.8) is 0 Å². The van der Waals surface area contributed by atoms with E-state index >= 15 is 0 Å². The highest BCUT2D eigenvalue weighted by atomic mass is 16.3. The van der Waals surface area contributed by atoms with Gasteiger partial charge in [0.1, 0.15) is 17.2 Å². The topological polar surface area (TPSA) is 60.7 Å². The second-order valence-electron chi connectivity index (χ2n) is 21.2. The molecule has 0 radical (unpaired) electrons. The molecule has 0 heterocycles. The lowest BCUT2D eigenvalue weighted by Gasteiger charge is -2.28. The van der Waals surface area contributed by atoms with Gasteiger partial charge in [0.15, 0.2) is 0 Å². The van der Waals surface area contributed by atoms with Crippen LogP contribution in [0, 0.1) is 0 Å². The van der Waals surface area contributed by atoms with Gasteiger partial charge in [-0.3, -0.25) is 0 Å². The van der Waals surface area contributed by atoms with Gasteiger partial charge in [-0.1, -0.05) is 239 Å². The number of phenolic OH excluding ortho intramolecular Hbond substituents is 3. The van der Waals surface area contributed by atoms with E-state index < -0.39 is 0 Å². The molecule has 0 aliphatic carbocycles. The maximum atomic E-state index is 12.2. The van der Waals surface area contributed by atoms with Crippen LogP contribution in [0.5, 0.6) is 17.2 Å². The van der Waals surface area contributed by atoms with E-state index in [9.17, 15) is 15.3 Å². The monoisotopic (exact) mass is 1020 g/mol. The first-order valence-electron chi connectivity index (χ1n) is 28.1. The van der Waals surface area contributed by atoms with Crippen molar-refractivity contribution in [1.29, 1.82) is 0 Å². The Kier molecular flexibility index (Phi) is 17.1. The molecule has 10 aromatic carbocycles. The third kappa shape index (κ3) is 12.7. The van der Waals surface area contributed by atoms with Crippen LogP contribution in [-0.2, 0) is 77.0 Å². The van der Waals surface area contributed by atoms with Gasteiger partial charge in [0, 0.05) is 38.5 Å². The molecule has 0 aromatic heterocycles. The minimum Gasteiger partial charge on any atom is -0.507 e. The standard InChI is InChI=1S/C75H72O3/c1-4-67-70(49-58-43-61(37-52-25-13-7-14-26-52)73(76)62(44-58)38-53-27-15-8-16-28-53)68(5-2)72(51-60-47-65(41-56-33-21-11-22-34-56)75(78)66(48-60)42-57-35-23-12-24-36-57)69(6-3)71(67)50-59-45-63(39-54-29-17-9-18-30-54)74(77)64(46-59)40-55-31-19-10-20-32-55/h7-36,43-48,76-78H,4-6,37-42,49-51H2,1-3H3. The van der Waals surface area contributed by atoms with E-state index in [0.29, 0.717) is 75.0 Å². The van der Waals surface area contributed by atoms with Gasteiger partial charge in [0.05, 0.1) is 0 Å². The summed E-state index contributed by atoms with van der Waals surface area (Å²) in [5.74, 6) is 1.11. The van der Waals surface area contributed by atoms with Crippen LogP contribution in [0.25, 0.3) is 0 Å². The molecule has 0 atom stereocenters. The molecule has 0 aliphatic rings. The first-order valence-corrected chi connectivity index (χ1v) is 28.1. The van der Waals surface area contributed by atoms with Gasteiger partial charge in [0.25, 0.3) is 0 Å². The van der Waals surface area contributed by atoms with Crippen LogP contribution in [0.15, 0.2) is 218 Å². The Balaban J connectivity index is 1.17. The largest absolute Gasteiger partial charge is 0.507 e. The molecule has 3 N–H and O–H groups in total. The fourth-order valence-electron chi connectivity index (χ4n) is 12.1. The van der Waals surface area contributed by atoms with Gasteiger partial charge in [-0.2, -0.15) is 0 Å². The molecule has 10 rings (SSSR count). The van der Waals surface area contributed by atoms with E-state index in [0.717, 1.165) is 86.0 Å². The van der Waals surface area contributed by atoms with Crippen molar-refractivity contribution < 1.29 is 15.3 Å². The van der Waals surface area contributed by atoms with Crippen LogP contribution in [0.4, 0.5) is 0 Å². The number of benzene rings is 10. The number of aromatic hydroxyl groups is 3. The Bertz CT molecular complexity index is 3000. The summed E-state index contributed by atoms with van der Waals surface area (Å²) in [5, 5.41) is 36.5. The van der Waals surface area contributed by atoms with Gasteiger partial charge < -0.3 is 15.3 Å². The fourth-order valence-corrected chi connectivity index (χ4v) is 12.1. The minimum absolute atomic E-state index is 0.371. The lowest BCUT2D eigenvalue weighted by atomic mass is 9.77. The van der Waals surface area contributed by atoms with E-state index in [-0.39, 0.29) is 0 Å². The summed E-state index contributed by atoms with van der Waals surface area (Å²) < 4.78 is 0. The molecule has 0 saturated heterocycles. The Morgan fingerprint density at radius 1 is 0.205 bits per heavy atom. The zero-order valence-electron chi connectivity index (χ0n) is 45.6. The number of hydrogen-bond acceptors (Lipinski definition) is 3. The molecule has 3 heteroatoms. The van der Waals surface area contributed by atoms with Crippen LogP contribution >= 0.6 is 0 Å². The highest BCUT2D eigenvalue weighted by molar-refractivity contribution is 5.60. The Labute approximate surface area is 463 Å². The van der Waals surface area contributed by atoms with Gasteiger partial charge in [-0.05, 0) is 155 Å².